The topological polar surface area (TPSA) is 38.7 Å². The lowest BCUT2D eigenvalue weighted by Crippen LogP contribution is -2.23. The Morgan fingerprint density at radius 1 is 1.44 bits per heavy atom. The largest absolute Gasteiger partial charge is 0.496 e. The lowest BCUT2D eigenvalue weighted by molar-refractivity contribution is -0.0107. The zero-order chi connectivity index (χ0) is 11.4. The van der Waals surface area contributed by atoms with Gasteiger partial charge in [0, 0.05) is 18.1 Å². The van der Waals surface area contributed by atoms with Gasteiger partial charge in [-0.1, -0.05) is 18.2 Å². The lowest BCUT2D eigenvalue weighted by Gasteiger charge is -2.27. The van der Waals surface area contributed by atoms with Gasteiger partial charge in [-0.25, -0.2) is 0 Å². The molecule has 1 aromatic rings. The summed E-state index contributed by atoms with van der Waals surface area (Å²) in [6.07, 6.45) is 1.55. The van der Waals surface area contributed by atoms with Crippen molar-refractivity contribution in [3.8, 4) is 5.75 Å². The first-order chi connectivity index (χ1) is 7.83. The monoisotopic (exact) mass is 222 g/mol. The molecule has 1 saturated heterocycles. The minimum atomic E-state index is -0.489. The van der Waals surface area contributed by atoms with E-state index in [1.54, 1.807) is 7.11 Å². The number of rotatable bonds is 3. The Morgan fingerprint density at radius 3 is 2.94 bits per heavy atom. The number of hydrogen-bond donors (Lipinski definition) is 1. The minimum Gasteiger partial charge on any atom is -0.496 e. The molecule has 0 spiro atoms. The summed E-state index contributed by atoms with van der Waals surface area (Å²) in [5, 5.41) is 10.3. The van der Waals surface area contributed by atoms with E-state index in [2.05, 4.69) is 0 Å². The Kier molecular flexibility index (Phi) is 3.80. The zero-order valence-electron chi connectivity index (χ0n) is 9.56. The first-order valence-electron chi connectivity index (χ1n) is 5.71. The third-order valence-corrected chi connectivity index (χ3v) is 3.10. The van der Waals surface area contributed by atoms with Crippen molar-refractivity contribution in [3.63, 3.8) is 0 Å². The van der Waals surface area contributed by atoms with Crippen molar-refractivity contribution in [2.45, 2.75) is 18.9 Å². The van der Waals surface area contributed by atoms with E-state index in [0.717, 1.165) is 30.8 Å². The first kappa shape index (κ1) is 11.4. The van der Waals surface area contributed by atoms with E-state index >= 15 is 0 Å². The van der Waals surface area contributed by atoms with Gasteiger partial charge in [0.15, 0.2) is 0 Å². The molecule has 1 heterocycles. The van der Waals surface area contributed by atoms with Gasteiger partial charge in [-0.3, -0.25) is 0 Å². The third-order valence-electron chi connectivity index (χ3n) is 3.10. The second kappa shape index (κ2) is 5.32. The maximum atomic E-state index is 10.3. The summed E-state index contributed by atoms with van der Waals surface area (Å²) >= 11 is 0. The van der Waals surface area contributed by atoms with Crippen LogP contribution in [0.4, 0.5) is 0 Å². The molecule has 1 fully saturated rings. The van der Waals surface area contributed by atoms with Gasteiger partial charge >= 0.3 is 0 Å². The highest BCUT2D eigenvalue weighted by Crippen LogP contribution is 2.33. The Bertz CT molecular complexity index is 332. The highest BCUT2D eigenvalue weighted by atomic mass is 16.5. The van der Waals surface area contributed by atoms with Gasteiger partial charge in [0.25, 0.3) is 0 Å². The summed E-state index contributed by atoms with van der Waals surface area (Å²) < 4.78 is 10.7. The normalized spacial score (nSPS) is 22.8. The summed E-state index contributed by atoms with van der Waals surface area (Å²) in [5.74, 6) is 0.936. The van der Waals surface area contributed by atoms with Gasteiger partial charge < -0.3 is 14.6 Å². The number of aliphatic hydroxyl groups excluding tert-OH is 1. The van der Waals surface area contributed by atoms with E-state index in [1.807, 2.05) is 24.3 Å². The molecule has 2 unspecified atom stereocenters. The Balaban J connectivity index is 2.15. The van der Waals surface area contributed by atoms with Crippen LogP contribution in [-0.2, 0) is 4.74 Å². The van der Waals surface area contributed by atoms with Crippen molar-refractivity contribution >= 4 is 0 Å². The number of para-hydroxylation sites is 1. The summed E-state index contributed by atoms with van der Waals surface area (Å²) in [4.78, 5) is 0. The Hall–Kier alpha value is -1.06. The average molecular weight is 222 g/mol. The van der Waals surface area contributed by atoms with E-state index < -0.39 is 6.10 Å². The molecule has 0 aromatic heterocycles. The summed E-state index contributed by atoms with van der Waals surface area (Å²) in [5.41, 5.74) is 0.862. The molecular formula is C13H18O3. The van der Waals surface area contributed by atoms with E-state index in [9.17, 15) is 5.11 Å². The maximum absolute atomic E-state index is 10.3. The fourth-order valence-electron chi connectivity index (χ4n) is 2.18. The summed E-state index contributed by atoms with van der Waals surface area (Å²) in [6.45, 7) is 1.45. The standard InChI is InChI=1S/C13H18O3/c1-15-12-7-3-2-6-11(12)13(14)10-5-4-8-16-9-10/h2-3,6-7,10,13-14H,4-5,8-9H2,1H3. The molecule has 0 saturated carbocycles. The molecule has 3 heteroatoms. The zero-order valence-corrected chi connectivity index (χ0v) is 9.56. The number of aliphatic hydroxyl groups is 1. The summed E-state index contributed by atoms with van der Waals surface area (Å²) in [6, 6.07) is 7.62. The van der Waals surface area contributed by atoms with Crippen LogP contribution in [0.5, 0.6) is 5.75 Å². The lowest BCUT2D eigenvalue weighted by atomic mass is 9.91. The van der Waals surface area contributed by atoms with Crippen molar-refractivity contribution < 1.29 is 14.6 Å². The number of methoxy groups -OCH3 is 1. The van der Waals surface area contributed by atoms with Gasteiger partial charge in [0.2, 0.25) is 0 Å². The molecule has 0 radical (unpaired) electrons. The molecule has 1 aromatic carbocycles. The molecule has 0 amide bonds. The molecule has 0 bridgehead atoms. The molecule has 1 aliphatic heterocycles. The fourth-order valence-corrected chi connectivity index (χ4v) is 2.18. The van der Waals surface area contributed by atoms with Gasteiger partial charge in [-0.2, -0.15) is 0 Å². The predicted molar refractivity (Wildman–Crippen MR) is 61.5 cm³/mol. The molecule has 2 atom stereocenters. The second-order valence-electron chi connectivity index (χ2n) is 4.16. The van der Waals surface area contributed by atoms with Crippen LogP contribution in [0.15, 0.2) is 24.3 Å². The van der Waals surface area contributed by atoms with Crippen molar-refractivity contribution in [1.29, 1.82) is 0 Å². The highest BCUT2D eigenvalue weighted by Gasteiger charge is 2.25. The molecule has 1 N–H and O–H groups in total. The Labute approximate surface area is 96.0 Å². The SMILES string of the molecule is COc1ccccc1C(O)C1CCCOC1. The van der Waals surface area contributed by atoms with Crippen molar-refractivity contribution in [2.75, 3.05) is 20.3 Å². The van der Waals surface area contributed by atoms with Crippen LogP contribution < -0.4 is 4.74 Å². The highest BCUT2D eigenvalue weighted by molar-refractivity contribution is 5.35. The van der Waals surface area contributed by atoms with E-state index in [1.165, 1.54) is 0 Å². The molecule has 0 aliphatic carbocycles. The van der Waals surface area contributed by atoms with Gasteiger partial charge in [-0.15, -0.1) is 0 Å². The number of hydrogen-bond acceptors (Lipinski definition) is 3. The fraction of sp³-hybridized carbons (Fsp3) is 0.538. The molecule has 3 nitrogen and oxygen atoms in total. The van der Waals surface area contributed by atoms with E-state index in [4.69, 9.17) is 9.47 Å². The number of benzene rings is 1. The third kappa shape index (κ3) is 2.36. The number of ether oxygens (including phenoxy) is 2. The van der Waals surface area contributed by atoms with Gasteiger partial charge in [-0.05, 0) is 18.9 Å². The second-order valence-corrected chi connectivity index (χ2v) is 4.16. The minimum absolute atomic E-state index is 0.185. The van der Waals surface area contributed by atoms with E-state index in [0.29, 0.717) is 6.61 Å². The van der Waals surface area contributed by atoms with Gasteiger partial charge in [0.05, 0.1) is 19.8 Å². The van der Waals surface area contributed by atoms with Crippen LogP contribution in [-0.4, -0.2) is 25.4 Å². The van der Waals surface area contributed by atoms with Crippen LogP contribution in [0.25, 0.3) is 0 Å². The van der Waals surface area contributed by atoms with Crippen LogP contribution in [0.3, 0.4) is 0 Å². The van der Waals surface area contributed by atoms with Crippen LogP contribution in [0, 0.1) is 5.92 Å². The maximum Gasteiger partial charge on any atom is 0.124 e. The predicted octanol–water partition coefficient (Wildman–Crippen LogP) is 2.16. The van der Waals surface area contributed by atoms with Crippen molar-refractivity contribution in [2.24, 2.45) is 5.92 Å². The van der Waals surface area contributed by atoms with E-state index in [-0.39, 0.29) is 5.92 Å². The molecule has 88 valence electrons. The van der Waals surface area contributed by atoms with Crippen molar-refractivity contribution in [1.82, 2.24) is 0 Å². The van der Waals surface area contributed by atoms with Crippen LogP contribution in [0.2, 0.25) is 0 Å². The van der Waals surface area contributed by atoms with Crippen LogP contribution >= 0.6 is 0 Å². The van der Waals surface area contributed by atoms with Gasteiger partial charge in [0.1, 0.15) is 5.75 Å². The summed E-state index contributed by atoms with van der Waals surface area (Å²) in [7, 11) is 1.63. The molecular weight excluding hydrogens is 204 g/mol. The first-order valence-corrected chi connectivity index (χ1v) is 5.71. The van der Waals surface area contributed by atoms with Crippen molar-refractivity contribution in [3.05, 3.63) is 29.8 Å². The molecule has 16 heavy (non-hydrogen) atoms. The average Bonchev–Trinajstić information content (AvgIpc) is 2.39. The van der Waals surface area contributed by atoms with Crippen LogP contribution in [0.1, 0.15) is 24.5 Å². The smallest absolute Gasteiger partial charge is 0.124 e. The molecule has 1 aliphatic rings. The quantitative estimate of drug-likeness (QED) is 0.851. The molecule has 2 rings (SSSR count). The Morgan fingerprint density at radius 2 is 2.25 bits per heavy atom.